The average Bonchev–Trinajstić information content (AvgIpc) is 2.32. The Morgan fingerprint density at radius 1 is 1.16 bits per heavy atom. The zero-order valence-electron chi connectivity index (χ0n) is 11.5. The van der Waals surface area contributed by atoms with Gasteiger partial charge in [-0.1, -0.05) is 26.0 Å². The molecule has 0 spiro atoms. The van der Waals surface area contributed by atoms with E-state index in [4.69, 9.17) is 5.73 Å². The van der Waals surface area contributed by atoms with Crippen molar-refractivity contribution in [3.63, 3.8) is 0 Å². The van der Waals surface area contributed by atoms with Crippen molar-refractivity contribution in [3.05, 3.63) is 34.9 Å². The van der Waals surface area contributed by atoms with E-state index in [1.54, 1.807) is 0 Å². The van der Waals surface area contributed by atoms with Gasteiger partial charge in [0, 0.05) is 5.56 Å². The molecule has 0 bridgehead atoms. The van der Waals surface area contributed by atoms with Gasteiger partial charge in [0.25, 0.3) is 0 Å². The van der Waals surface area contributed by atoms with Crippen molar-refractivity contribution in [1.82, 2.24) is 0 Å². The zero-order valence-corrected chi connectivity index (χ0v) is 12.3. The molecule has 1 aromatic rings. The number of hydrogen-bond donors (Lipinski definition) is 2. The summed E-state index contributed by atoms with van der Waals surface area (Å²) < 4.78 is 27.1. The van der Waals surface area contributed by atoms with Crippen molar-refractivity contribution in [2.45, 2.75) is 45.8 Å². The lowest BCUT2D eigenvalue weighted by molar-refractivity contribution is 0.126. The van der Waals surface area contributed by atoms with Crippen molar-refractivity contribution in [2.75, 3.05) is 0 Å². The Kier molecular flexibility index (Phi) is 7.49. The molecule has 0 aromatic heterocycles. The van der Waals surface area contributed by atoms with E-state index in [9.17, 15) is 13.9 Å². The standard InChI is InChI=1S/C14H21F2NO.ClH/c1-8(2)4-7-11(18)14(17)10-6-5-9(3)12(15)13(10)16;/h5-6,8,11,14,18H,4,7,17H2,1-3H3;1H/t11-,14+;/m0./s1. The smallest absolute Gasteiger partial charge is 0.163 e. The number of nitrogens with two attached hydrogens (primary N) is 1. The first-order valence-electron chi connectivity index (χ1n) is 6.22. The predicted octanol–water partition coefficient (Wildman–Crippen LogP) is 3.49. The van der Waals surface area contributed by atoms with Crippen molar-refractivity contribution in [2.24, 2.45) is 11.7 Å². The second-order valence-corrected chi connectivity index (χ2v) is 5.16. The zero-order chi connectivity index (χ0) is 13.9. The molecule has 0 heterocycles. The minimum atomic E-state index is -0.953. The normalized spacial score (nSPS) is 14.1. The van der Waals surface area contributed by atoms with Gasteiger partial charge in [0.15, 0.2) is 11.6 Å². The molecule has 1 rings (SSSR count). The van der Waals surface area contributed by atoms with Crippen LogP contribution in [0.5, 0.6) is 0 Å². The van der Waals surface area contributed by atoms with Gasteiger partial charge in [-0.15, -0.1) is 12.4 Å². The molecule has 1 aromatic carbocycles. The predicted molar refractivity (Wildman–Crippen MR) is 75.4 cm³/mol. The van der Waals surface area contributed by atoms with E-state index in [0.717, 1.165) is 6.42 Å². The van der Waals surface area contributed by atoms with Gasteiger partial charge < -0.3 is 10.8 Å². The molecule has 0 aliphatic rings. The van der Waals surface area contributed by atoms with Crippen LogP contribution < -0.4 is 5.73 Å². The molecule has 0 amide bonds. The fourth-order valence-corrected chi connectivity index (χ4v) is 1.81. The third-order valence-corrected chi connectivity index (χ3v) is 3.12. The lowest BCUT2D eigenvalue weighted by Crippen LogP contribution is -2.27. The SMILES string of the molecule is Cc1ccc([C@@H](N)[C@@H](O)CCC(C)C)c(F)c1F.Cl. The summed E-state index contributed by atoms with van der Waals surface area (Å²) in [5.74, 6) is -1.41. The van der Waals surface area contributed by atoms with Gasteiger partial charge in [0.05, 0.1) is 12.1 Å². The van der Waals surface area contributed by atoms with Gasteiger partial charge in [0.1, 0.15) is 0 Å². The van der Waals surface area contributed by atoms with Crippen LogP contribution in [-0.2, 0) is 0 Å². The molecule has 0 aliphatic heterocycles. The molecular weight excluding hydrogens is 272 g/mol. The number of aliphatic hydroxyl groups excluding tert-OH is 1. The van der Waals surface area contributed by atoms with Crippen LogP contribution in [0.3, 0.4) is 0 Å². The molecule has 5 heteroatoms. The number of hydrogen-bond acceptors (Lipinski definition) is 2. The highest BCUT2D eigenvalue weighted by Gasteiger charge is 2.22. The van der Waals surface area contributed by atoms with Crippen LogP contribution in [0.25, 0.3) is 0 Å². The Bertz CT molecular complexity index is 413. The maximum absolute atomic E-state index is 13.7. The summed E-state index contributed by atoms with van der Waals surface area (Å²) in [6, 6.07) is 2.03. The fraction of sp³-hybridized carbons (Fsp3) is 0.571. The van der Waals surface area contributed by atoms with E-state index in [-0.39, 0.29) is 23.5 Å². The van der Waals surface area contributed by atoms with Gasteiger partial charge >= 0.3 is 0 Å². The van der Waals surface area contributed by atoms with E-state index in [1.165, 1.54) is 19.1 Å². The summed E-state index contributed by atoms with van der Waals surface area (Å²) in [6.07, 6.45) is 0.419. The first-order chi connectivity index (χ1) is 8.34. The monoisotopic (exact) mass is 293 g/mol. The Morgan fingerprint density at radius 3 is 2.26 bits per heavy atom. The van der Waals surface area contributed by atoms with Crippen LogP contribution in [0.2, 0.25) is 0 Å². The molecule has 0 saturated heterocycles. The van der Waals surface area contributed by atoms with E-state index in [2.05, 4.69) is 0 Å². The van der Waals surface area contributed by atoms with E-state index >= 15 is 0 Å². The Hall–Kier alpha value is -0.710. The molecule has 0 radical (unpaired) electrons. The molecule has 110 valence electrons. The van der Waals surface area contributed by atoms with Crippen LogP contribution in [0.1, 0.15) is 43.9 Å². The van der Waals surface area contributed by atoms with Crippen LogP contribution in [0, 0.1) is 24.5 Å². The molecule has 2 nitrogen and oxygen atoms in total. The summed E-state index contributed by atoms with van der Waals surface area (Å²) in [5, 5.41) is 9.89. The van der Waals surface area contributed by atoms with Gasteiger partial charge in [-0.25, -0.2) is 8.78 Å². The maximum atomic E-state index is 13.7. The summed E-state index contributed by atoms with van der Waals surface area (Å²) in [5.41, 5.74) is 6.06. The number of benzene rings is 1. The van der Waals surface area contributed by atoms with Crippen LogP contribution >= 0.6 is 12.4 Å². The van der Waals surface area contributed by atoms with Crippen molar-refractivity contribution < 1.29 is 13.9 Å². The Morgan fingerprint density at radius 2 is 1.74 bits per heavy atom. The highest BCUT2D eigenvalue weighted by Crippen LogP contribution is 2.24. The largest absolute Gasteiger partial charge is 0.391 e. The number of rotatable bonds is 5. The lowest BCUT2D eigenvalue weighted by atomic mass is 9.95. The van der Waals surface area contributed by atoms with E-state index in [0.29, 0.717) is 12.3 Å². The second-order valence-electron chi connectivity index (χ2n) is 5.16. The quantitative estimate of drug-likeness (QED) is 0.873. The molecule has 0 fully saturated rings. The topological polar surface area (TPSA) is 46.2 Å². The van der Waals surface area contributed by atoms with Gasteiger partial charge in [-0.05, 0) is 31.2 Å². The van der Waals surface area contributed by atoms with Crippen molar-refractivity contribution >= 4 is 12.4 Å². The van der Waals surface area contributed by atoms with E-state index in [1.807, 2.05) is 13.8 Å². The van der Waals surface area contributed by atoms with Crippen molar-refractivity contribution in [1.29, 1.82) is 0 Å². The number of halogens is 3. The van der Waals surface area contributed by atoms with E-state index < -0.39 is 23.8 Å². The van der Waals surface area contributed by atoms with Gasteiger partial charge in [-0.3, -0.25) is 0 Å². The highest BCUT2D eigenvalue weighted by atomic mass is 35.5. The minimum Gasteiger partial charge on any atom is -0.391 e. The fourth-order valence-electron chi connectivity index (χ4n) is 1.81. The first-order valence-corrected chi connectivity index (χ1v) is 6.22. The summed E-state index contributed by atoms with van der Waals surface area (Å²) in [7, 11) is 0. The van der Waals surface area contributed by atoms with Gasteiger partial charge in [0.2, 0.25) is 0 Å². The van der Waals surface area contributed by atoms with Crippen LogP contribution in [0.4, 0.5) is 8.78 Å². The van der Waals surface area contributed by atoms with Crippen molar-refractivity contribution in [3.8, 4) is 0 Å². The maximum Gasteiger partial charge on any atom is 0.163 e. The Labute approximate surface area is 119 Å². The minimum absolute atomic E-state index is 0. The first kappa shape index (κ1) is 18.3. The molecule has 0 unspecified atom stereocenters. The number of aryl methyl sites for hydroxylation is 1. The lowest BCUT2D eigenvalue weighted by Gasteiger charge is -2.21. The Balaban J connectivity index is 0.00000324. The van der Waals surface area contributed by atoms with Gasteiger partial charge in [-0.2, -0.15) is 0 Å². The second kappa shape index (κ2) is 7.78. The number of aliphatic hydroxyl groups is 1. The summed E-state index contributed by atoms with van der Waals surface area (Å²) >= 11 is 0. The molecule has 2 atom stereocenters. The highest BCUT2D eigenvalue weighted by molar-refractivity contribution is 5.85. The van der Waals surface area contributed by atoms with Crippen LogP contribution in [-0.4, -0.2) is 11.2 Å². The molecule has 19 heavy (non-hydrogen) atoms. The summed E-state index contributed by atoms with van der Waals surface area (Å²) in [4.78, 5) is 0. The molecule has 0 aliphatic carbocycles. The third kappa shape index (κ3) is 4.71. The molecule has 0 saturated carbocycles. The average molecular weight is 294 g/mol. The molecular formula is C14H22ClF2NO. The summed E-state index contributed by atoms with van der Waals surface area (Å²) in [6.45, 7) is 5.55. The molecule has 3 N–H and O–H groups in total. The van der Waals surface area contributed by atoms with Crippen LogP contribution in [0.15, 0.2) is 12.1 Å². The third-order valence-electron chi connectivity index (χ3n) is 3.12.